The minimum atomic E-state index is 1.00. The highest BCUT2D eigenvalue weighted by atomic mass is 15.3. The number of quaternary nitrogens is 2. The van der Waals surface area contributed by atoms with Gasteiger partial charge >= 0.3 is 0 Å². The summed E-state index contributed by atoms with van der Waals surface area (Å²) in [5, 5.41) is 0. The number of hydrogen-bond donors (Lipinski definition) is 2. The van der Waals surface area contributed by atoms with E-state index in [1.165, 1.54) is 52.0 Å². The summed E-state index contributed by atoms with van der Waals surface area (Å²) in [4.78, 5) is 3.74. The molecule has 0 amide bonds. The lowest BCUT2D eigenvalue weighted by molar-refractivity contribution is -1.02. The molecule has 0 unspecified atom stereocenters. The van der Waals surface area contributed by atoms with E-state index in [-0.39, 0.29) is 0 Å². The summed E-state index contributed by atoms with van der Waals surface area (Å²) in [6.45, 7) is 11.8. The number of hydrogen-bond acceptors (Lipinski definition) is 0. The van der Waals surface area contributed by atoms with Crippen LogP contribution in [-0.4, -0.2) is 38.8 Å². The molecule has 2 fully saturated rings. The summed E-state index contributed by atoms with van der Waals surface area (Å²) in [5.74, 6) is 1.00. The fourth-order valence-electron chi connectivity index (χ4n) is 3.26. The molecule has 0 aromatic carbocycles. The first-order chi connectivity index (χ1) is 6.79. The zero-order valence-electron chi connectivity index (χ0n) is 9.81. The molecule has 1 saturated carbocycles. The molecule has 0 spiro atoms. The molecule has 1 saturated heterocycles. The molecular formula is C12H26N2+2. The monoisotopic (exact) mass is 198 g/mol. The molecule has 0 aromatic heterocycles. The van der Waals surface area contributed by atoms with E-state index in [2.05, 4.69) is 13.8 Å². The lowest BCUT2D eigenvalue weighted by Gasteiger charge is -2.32. The Balaban J connectivity index is 1.78. The molecule has 2 N–H and O–H groups in total. The Labute approximate surface area is 88.3 Å². The van der Waals surface area contributed by atoms with E-state index in [4.69, 9.17) is 0 Å². The maximum absolute atomic E-state index is 2.42. The molecule has 14 heavy (non-hydrogen) atoms. The van der Waals surface area contributed by atoms with E-state index in [0.717, 1.165) is 12.0 Å². The summed E-state index contributed by atoms with van der Waals surface area (Å²) in [5.41, 5.74) is 0. The van der Waals surface area contributed by atoms with Gasteiger partial charge < -0.3 is 9.80 Å². The highest BCUT2D eigenvalue weighted by molar-refractivity contribution is 4.71. The van der Waals surface area contributed by atoms with Gasteiger partial charge in [-0.2, -0.15) is 0 Å². The van der Waals surface area contributed by atoms with Gasteiger partial charge in [0.2, 0.25) is 0 Å². The summed E-state index contributed by atoms with van der Waals surface area (Å²) >= 11 is 0. The Morgan fingerprint density at radius 3 is 2.29 bits per heavy atom. The molecule has 2 rings (SSSR count). The summed E-state index contributed by atoms with van der Waals surface area (Å²) in [6, 6.07) is 1.02. The number of nitrogens with one attached hydrogen (secondary N) is 2. The van der Waals surface area contributed by atoms with Crippen LogP contribution in [0.3, 0.4) is 0 Å². The third kappa shape index (κ3) is 2.29. The van der Waals surface area contributed by atoms with E-state index in [1.54, 1.807) is 0 Å². The van der Waals surface area contributed by atoms with Crippen LogP contribution in [0.25, 0.3) is 0 Å². The minimum absolute atomic E-state index is 1.00. The summed E-state index contributed by atoms with van der Waals surface area (Å²) in [6.07, 6.45) is 4.48. The Morgan fingerprint density at radius 1 is 1.07 bits per heavy atom. The molecule has 1 heterocycles. The second kappa shape index (κ2) is 4.63. The van der Waals surface area contributed by atoms with Crippen molar-refractivity contribution in [3.8, 4) is 0 Å². The predicted octanol–water partition coefficient (Wildman–Crippen LogP) is -1.02. The standard InChI is InChI=1S/C12H24N2/c1-3-13-6-8-14(9-7-13)12-5-4-11(2)10-12/h11-12H,3-10H2,1-2H3/p+2/t11-,12+/m1/s1. The molecule has 1 aliphatic carbocycles. The van der Waals surface area contributed by atoms with Crippen molar-refractivity contribution in [2.24, 2.45) is 5.92 Å². The van der Waals surface area contributed by atoms with E-state index >= 15 is 0 Å². The smallest absolute Gasteiger partial charge is 0.127 e. The Kier molecular flexibility index (Phi) is 3.45. The first-order valence-corrected chi connectivity index (χ1v) is 6.47. The predicted molar refractivity (Wildman–Crippen MR) is 58.7 cm³/mol. The van der Waals surface area contributed by atoms with Crippen molar-refractivity contribution in [1.82, 2.24) is 0 Å². The van der Waals surface area contributed by atoms with Crippen LogP contribution in [0.2, 0.25) is 0 Å². The summed E-state index contributed by atoms with van der Waals surface area (Å²) < 4.78 is 0. The van der Waals surface area contributed by atoms with Crippen molar-refractivity contribution in [3.63, 3.8) is 0 Å². The average molecular weight is 198 g/mol. The normalized spacial score (nSPS) is 44.1. The number of piperazine rings is 1. The third-order valence-electron chi connectivity index (χ3n) is 4.37. The zero-order valence-corrected chi connectivity index (χ0v) is 9.81. The van der Waals surface area contributed by atoms with Gasteiger partial charge in [-0.1, -0.05) is 6.92 Å². The fraction of sp³-hybridized carbons (Fsp3) is 1.00. The molecule has 2 aliphatic rings. The molecule has 0 aromatic rings. The van der Waals surface area contributed by atoms with Gasteiger partial charge in [0.25, 0.3) is 0 Å². The Hall–Kier alpha value is -0.0800. The third-order valence-corrected chi connectivity index (χ3v) is 4.37. The van der Waals surface area contributed by atoms with Crippen LogP contribution in [-0.2, 0) is 0 Å². The van der Waals surface area contributed by atoms with Gasteiger partial charge in [0, 0.05) is 6.42 Å². The van der Waals surface area contributed by atoms with E-state index in [0.29, 0.717) is 0 Å². The van der Waals surface area contributed by atoms with E-state index < -0.39 is 0 Å². The van der Waals surface area contributed by atoms with Crippen LogP contribution in [0.5, 0.6) is 0 Å². The van der Waals surface area contributed by atoms with Crippen LogP contribution >= 0.6 is 0 Å². The van der Waals surface area contributed by atoms with Crippen molar-refractivity contribution >= 4 is 0 Å². The molecule has 2 nitrogen and oxygen atoms in total. The topological polar surface area (TPSA) is 8.88 Å². The van der Waals surface area contributed by atoms with Crippen LogP contribution in [0.15, 0.2) is 0 Å². The average Bonchev–Trinajstić information content (AvgIpc) is 2.65. The van der Waals surface area contributed by atoms with Crippen LogP contribution in [0, 0.1) is 5.92 Å². The van der Waals surface area contributed by atoms with E-state index in [9.17, 15) is 0 Å². The van der Waals surface area contributed by atoms with Crippen LogP contribution in [0.4, 0.5) is 0 Å². The summed E-state index contributed by atoms with van der Waals surface area (Å²) in [7, 11) is 0. The second-order valence-corrected chi connectivity index (χ2v) is 5.38. The van der Waals surface area contributed by atoms with Crippen molar-refractivity contribution in [3.05, 3.63) is 0 Å². The maximum atomic E-state index is 2.42. The molecular weight excluding hydrogens is 172 g/mol. The number of rotatable bonds is 2. The van der Waals surface area contributed by atoms with Gasteiger partial charge in [-0.15, -0.1) is 0 Å². The van der Waals surface area contributed by atoms with Gasteiger partial charge in [0.1, 0.15) is 26.2 Å². The van der Waals surface area contributed by atoms with Crippen molar-refractivity contribution < 1.29 is 9.80 Å². The van der Waals surface area contributed by atoms with Gasteiger partial charge in [-0.25, -0.2) is 0 Å². The first kappa shape index (κ1) is 10.4. The molecule has 1 aliphatic heterocycles. The highest BCUT2D eigenvalue weighted by Gasteiger charge is 2.33. The lowest BCUT2D eigenvalue weighted by Crippen LogP contribution is -3.29. The molecule has 2 heteroatoms. The van der Waals surface area contributed by atoms with Gasteiger partial charge in [0.05, 0.1) is 12.6 Å². The second-order valence-electron chi connectivity index (χ2n) is 5.38. The quantitative estimate of drug-likeness (QED) is 0.562. The highest BCUT2D eigenvalue weighted by Crippen LogP contribution is 2.22. The van der Waals surface area contributed by atoms with Crippen molar-refractivity contribution in [2.45, 2.75) is 39.2 Å². The Bertz CT molecular complexity index is 173. The minimum Gasteiger partial charge on any atom is -0.326 e. The van der Waals surface area contributed by atoms with Gasteiger partial charge in [-0.05, 0) is 25.7 Å². The molecule has 0 bridgehead atoms. The van der Waals surface area contributed by atoms with E-state index in [1.807, 2.05) is 9.80 Å². The molecule has 0 radical (unpaired) electrons. The molecule has 82 valence electrons. The van der Waals surface area contributed by atoms with Crippen molar-refractivity contribution in [1.29, 1.82) is 0 Å². The molecule has 2 atom stereocenters. The van der Waals surface area contributed by atoms with Gasteiger partial charge in [0.15, 0.2) is 0 Å². The first-order valence-electron chi connectivity index (χ1n) is 6.47. The van der Waals surface area contributed by atoms with Gasteiger partial charge in [-0.3, -0.25) is 0 Å². The SMILES string of the molecule is CC[NH+]1CC[NH+]([C@H]2CC[C@@H](C)C2)CC1. The maximum Gasteiger partial charge on any atom is 0.127 e. The lowest BCUT2D eigenvalue weighted by atomic mass is 10.1. The number of likely N-dealkylation sites (N-methyl/N-ethyl adjacent to an activating group) is 1. The zero-order chi connectivity index (χ0) is 9.97. The largest absolute Gasteiger partial charge is 0.326 e. The Morgan fingerprint density at radius 2 is 1.79 bits per heavy atom. The van der Waals surface area contributed by atoms with Crippen LogP contribution in [0.1, 0.15) is 33.1 Å². The fourth-order valence-corrected chi connectivity index (χ4v) is 3.26. The van der Waals surface area contributed by atoms with Crippen molar-refractivity contribution in [2.75, 3.05) is 32.7 Å². The van der Waals surface area contributed by atoms with Crippen LogP contribution < -0.4 is 9.80 Å².